The van der Waals surface area contributed by atoms with E-state index >= 15 is 0 Å². The molecule has 35 heavy (non-hydrogen) atoms. The molecule has 14 nitrogen and oxygen atoms in total. The zero-order valence-corrected chi connectivity index (χ0v) is 23.6. The number of aromatic nitrogens is 8. The van der Waals surface area contributed by atoms with E-state index < -0.39 is 0 Å². The van der Waals surface area contributed by atoms with Gasteiger partial charge in [0.1, 0.15) is 17.3 Å². The van der Waals surface area contributed by atoms with Gasteiger partial charge in [0.05, 0.1) is 17.1 Å². The number of azo groups is 2. The van der Waals surface area contributed by atoms with Gasteiger partial charge >= 0.3 is 0 Å². The first kappa shape index (κ1) is 26.4. The molecule has 1 radical (unpaired) electrons. The summed E-state index contributed by atoms with van der Waals surface area (Å²) in [5, 5.41) is 35.0. The summed E-state index contributed by atoms with van der Waals surface area (Å²) < 4.78 is 6.36. The molecule has 0 aliphatic heterocycles. The molecule has 4 rings (SSSR count). The Hall–Kier alpha value is -3.26. The summed E-state index contributed by atoms with van der Waals surface area (Å²) in [6, 6.07) is 0. The van der Waals surface area contributed by atoms with E-state index in [0.717, 1.165) is 16.8 Å². The van der Waals surface area contributed by atoms with E-state index in [4.69, 9.17) is 11.5 Å². The summed E-state index contributed by atoms with van der Waals surface area (Å²) in [5.74, 6) is 1.97. The monoisotopic (exact) mass is 552 g/mol. The van der Waals surface area contributed by atoms with Crippen LogP contribution in [0.15, 0.2) is 20.5 Å². The Kier molecular flexibility index (Phi) is 7.65. The molecule has 4 aromatic heterocycles. The molecule has 0 saturated carbocycles. The molecular formula is C20H27N14Y-. The zero-order chi connectivity index (χ0) is 24.7. The van der Waals surface area contributed by atoms with Gasteiger partial charge in [-0.3, -0.25) is 9.36 Å². The van der Waals surface area contributed by atoms with Crippen LogP contribution in [0.1, 0.15) is 28.2 Å². The second kappa shape index (κ2) is 10.2. The van der Waals surface area contributed by atoms with Crippen LogP contribution in [0, 0.1) is 27.0 Å². The minimum Gasteiger partial charge on any atom is -0.382 e. The summed E-state index contributed by atoms with van der Waals surface area (Å²) >= 11 is 0. The molecule has 0 aliphatic rings. The zero-order valence-electron chi connectivity index (χ0n) is 20.8. The van der Waals surface area contributed by atoms with Crippen molar-refractivity contribution in [2.45, 2.75) is 27.2 Å². The van der Waals surface area contributed by atoms with E-state index in [1.807, 2.05) is 27.8 Å². The number of hydrogen-bond donors (Lipinski definition) is 2. The average molecular weight is 552 g/mol. The van der Waals surface area contributed by atoms with Gasteiger partial charge in [0.25, 0.3) is 0 Å². The number of hydrogen-bond acceptors (Lipinski definition) is 10. The second-order valence-corrected chi connectivity index (χ2v) is 8.03. The van der Waals surface area contributed by atoms with Gasteiger partial charge in [-0.15, -0.1) is 16.4 Å². The van der Waals surface area contributed by atoms with E-state index in [-0.39, 0.29) is 39.1 Å². The summed E-state index contributed by atoms with van der Waals surface area (Å²) in [7, 11) is 7.07. The van der Waals surface area contributed by atoms with Crippen LogP contribution in [0.5, 0.6) is 0 Å². The first-order valence-corrected chi connectivity index (χ1v) is 10.5. The van der Waals surface area contributed by atoms with Gasteiger partial charge in [0.2, 0.25) is 0 Å². The molecule has 4 aromatic rings. The number of aryl methyl sites for hydroxylation is 6. The molecule has 0 atom stereocenters. The van der Waals surface area contributed by atoms with E-state index in [1.54, 1.807) is 39.9 Å². The van der Waals surface area contributed by atoms with Crippen LogP contribution in [0.25, 0.3) is 0 Å². The Morgan fingerprint density at radius 2 is 1.23 bits per heavy atom. The van der Waals surface area contributed by atoms with Crippen molar-refractivity contribution in [1.29, 1.82) is 0 Å². The fourth-order valence-corrected chi connectivity index (χ4v) is 3.50. The van der Waals surface area contributed by atoms with E-state index in [1.165, 1.54) is 0 Å². The maximum atomic E-state index is 6.25. The Labute approximate surface area is 227 Å². The molecule has 4 N–H and O–H groups in total. The van der Waals surface area contributed by atoms with Gasteiger partial charge in [-0.25, -0.2) is 9.80 Å². The number of nitrogens with zero attached hydrogens (tertiary/aromatic N) is 12. The first-order chi connectivity index (χ1) is 16.1. The number of anilines is 2. The Morgan fingerprint density at radius 1 is 0.714 bits per heavy atom. The van der Waals surface area contributed by atoms with Crippen molar-refractivity contribution in [3.05, 3.63) is 34.4 Å². The van der Waals surface area contributed by atoms with Crippen molar-refractivity contribution in [3.63, 3.8) is 0 Å². The second-order valence-electron chi connectivity index (χ2n) is 8.03. The van der Waals surface area contributed by atoms with Gasteiger partial charge in [-0.05, 0) is 13.8 Å². The van der Waals surface area contributed by atoms with Gasteiger partial charge in [-0.2, -0.15) is 26.0 Å². The van der Waals surface area contributed by atoms with Crippen molar-refractivity contribution in [2.24, 2.45) is 48.6 Å². The van der Waals surface area contributed by atoms with E-state index in [9.17, 15) is 0 Å². The van der Waals surface area contributed by atoms with Gasteiger partial charge in [0.15, 0.2) is 11.5 Å². The molecule has 0 saturated heterocycles. The molecular weight excluding hydrogens is 525 g/mol. The predicted molar refractivity (Wildman–Crippen MR) is 126 cm³/mol. The SMILES string of the molecule is Cc1[c-]nn(C)c1N=Nc1c(Cc2nn(C)c(N)c2N=Nc2c(C)c(C)nn2C)nn(C)c1N.[Y]. The van der Waals surface area contributed by atoms with Gasteiger partial charge in [0, 0.05) is 78.7 Å². The topological polar surface area (TPSA) is 173 Å². The standard InChI is InChI=1S/C20H27N14.Y/c1-10-9-23-33(6)19(10)26-24-15-13(29-31(4)17(15)21)8-14-16(18(22)32(5)30-14)25-27-20-11(2)12(3)28-34(20)7;/h8,21-22H2,1-7H3;/q-1;. The van der Waals surface area contributed by atoms with Crippen molar-refractivity contribution in [2.75, 3.05) is 11.5 Å². The minimum absolute atomic E-state index is 0. The molecule has 0 bridgehead atoms. The van der Waals surface area contributed by atoms with Crippen molar-refractivity contribution < 1.29 is 32.7 Å². The van der Waals surface area contributed by atoms with Crippen molar-refractivity contribution >= 4 is 34.6 Å². The molecule has 0 fully saturated rings. The molecule has 4 heterocycles. The third kappa shape index (κ3) is 4.93. The summed E-state index contributed by atoms with van der Waals surface area (Å²) in [6.07, 6.45) is 3.13. The van der Waals surface area contributed by atoms with Crippen molar-refractivity contribution in [1.82, 2.24) is 39.1 Å². The number of rotatable bonds is 6. The third-order valence-electron chi connectivity index (χ3n) is 5.59. The van der Waals surface area contributed by atoms with Crippen LogP contribution in [0.3, 0.4) is 0 Å². The Morgan fingerprint density at radius 3 is 1.66 bits per heavy atom. The number of nitrogen functional groups attached to an aromatic ring is 2. The van der Waals surface area contributed by atoms with Crippen LogP contribution >= 0.6 is 0 Å². The molecule has 0 spiro atoms. The predicted octanol–water partition coefficient (Wildman–Crippen LogP) is 2.93. The summed E-state index contributed by atoms with van der Waals surface area (Å²) in [4.78, 5) is 0. The van der Waals surface area contributed by atoms with Crippen LogP contribution in [0.4, 0.5) is 34.6 Å². The Balaban J connectivity index is 0.00000342. The Bertz CT molecular complexity index is 1410. The largest absolute Gasteiger partial charge is 0.382 e. The molecule has 0 aliphatic carbocycles. The fourth-order valence-electron chi connectivity index (χ4n) is 3.50. The third-order valence-corrected chi connectivity index (χ3v) is 5.59. The molecule has 15 heteroatoms. The molecule has 181 valence electrons. The molecule has 0 amide bonds. The molecule has 0 unspecified atom stereocenters. The number of nitrogens with two attached hydrogens (primary N) is 2. The first-order valence-electron chi connectivity index (χ1n) is 10.5. The molecule has 0 aromatic carbocycles. The van der Waals surface area contributed by atoms with Crippen molar-refractivity contribution in [3.8, 4) is 0 Å². The van der Waals surface area contributed by atoms with Crippen LogP contribution in [0.2, 0.25) is 0 Å². The average Bonchev–Trinajstić information content (AvgIpc) is 3.42. The summed E-state index contributed by atoms with van der Waals surface area (Å²) in [5.41, 5.74) is 17.1. The fraction of sp³-hybridized carbons (Fsp3) is 0.400. The van der Waals surface area contributed by atoms with Gasteiger partial charge < -0.3 is 21.2 Å². The van der Waals surface area contributed by atoms with Gasteiger partial charge in [-0.1, -0.05) is 6.92 Å². The smallest absolute Gasteiger partial charge is 0.175 e. The minimum atomic E-state index is 0. The van der Waals surface area contributed by atoms with Crippen LogP contribution < -0.4 is 11.5 Å². The van der Waals surface area contributed by atoms with Crippen LogP contribution in [-0.2, 0) is 67.3 Å². The quantitative estimate of drug-likeness (QED) is 0.275. The summed E-state index contributed by atoms with van der Waals surface area (Å²) in [6.45, 7) is 5.72. The van der Waals surface area contributed by atoms with Crippen LogP contribution in [-0.4, -0.2) is 39.1 Å². The maximum absolute atomic E-state index is 6.25. The maximum Gasteiger partial charge on any atom is 0.175 e. The van der Waals surface area contributed by atoms with E-state index in [0.29, 0.717) is 46.0 Å². The van der Waals surface area contributed by atoms with E-state index in [2.05, 4.69) is 47.0 Å². The normalized spacial score (nSPS) is 11.7.